The summed E-state index contributed by atoms with van der Waals surface area (Å²) >= 11 is 0. The van der Waals surface area contributed by atoms with Crippen LogP contribution in [0.2, 0.25) is 0 Å². The quantitative estimate of drug-likeness (QED) is 0.893. The topological polar surface area (TPSA) is 32.3 Å². The van der Waals surface area contributed by atoms with Crippen LogP contribution >= 0.6 is 0 Å². The molecule has 1 amide bonds. The molecule has 0 spiro atoms. The number of carbonyl (C=O) groups is 1. The summed E-state index contributed by atoms with van der Waals surface area (Å²) < 4.78 is 0. The molecule has 1 aliphatic carbocycles. The Labute approximate surface area is 121 Å². The highest BCUT2D eigenvalue weighted by atomic mass is 16.2. The smallest absolute Gasteiger partial charge is 0.230 e. The lowest BCUT2D eigenvalue weighted by molar-refractivity contribution is -0.133. The molecule has 3 nitrogen and oxygen atoms in total. The van der Waals surface area contributed by atoms with Crippen molar-refractivity contribution in [3.63, 3.8) is 0 Å². The molecule has 1 aromatic carbocycles. The second-order valence-corrected chi connectivity index (χ2v) is 6.15. The van der Waals surface area contributed by atoms with Crippen LogP contribution in [-0.2, 0) is 4.79 Å². The zero-order valence-corrected chi connectivity index (χ0v) is 12.2. The van der Waals surface area contributed by atoms with Crippen molar-refractivity contribution in [2.75, 3.05) is 13.1 Å². The van der Waals surface area contributed by atoms with Gasteiger partial charge < -0.3 is 10.2 Å². The predicted octanol–water partition coefficient (Wildman–Crippen LogP) is 2.53. The molecule has 1 aliphatic heterocycles. The molecule has 108 valence electrons. The minimum atomic E-state index is -0.0294. The molecule has 1 N–H and O–H groups in total. The molecule has 1 saturated heterocycles. The van der Waals surface area contributed by atoms with Gasteiger partial charge in [-0.25, -0.2) is 0 Å². The molecule has 1 heterocycles. The third kappa shape index (κ3) is 3.04. The number of rotatable bonds is 5. The molecule has 2 unspecified atom stereocenters. The fourth-order valence-electron chi connectivity index (χ4n) is 3.09. The van der Waals surface area contributed by atoms with Gasteiger partial charge in [0.2, 0.25) is 5.91 Å². The molecular weight excluding hydrogens is 248 g/mol. The first-order valence-corrected chi connectivity index (χ1v) is 7.84. The van der Waals surface area contributed by atoms with Gasteiger partial charge in [-0.2, -0.15) is 0 Å². The SMILES string of the molecule is CC(C(=O)N(CC1CCCN1)C1CC1)c1ccccc1. The van der Waals surface area contributed by atoms with Gasteiger partial charge in [-0.3, -0.25) is 4.79 Å². The molecule has 0 bridgehead atoms. The Morgan fingerprint density at radius 1 is 1.30 bits per heavy atom. The Kier molecular flexibility index (Phi) is 4.06. The summed E-state index contributed by atoms with van der Waals surface area (Å²) in [6.07, 6.45) is 4.81. The summed E-state index contributed by atoms with van der Waals surface area (Å²) in [4.78, 5) is 15.0. The molecule has 2 fully saturated rings. The molecule has 2 atom stereocenters. The third-order valence-corrected chi connectivity index (χ3v) is 4.52. The molecule has 3 heteroatoms. The molecule has 2 aliphatic rings. The van der Waals surface area contributed by atoms with E-state index >= 15 is 0 Å². The predicted molar refractivity (Wildman–Crippen MR) is 80.6 cm³/mol. The Morgan fingerprint density at radius 2 is 2.05 bits per heavy atom. The fraction of sp³-hybridized carbons (Fsp3) is 0.588. The van der Waals surface area contributed by atoms with Gasteiger partial charge in [0, 0.05) is 18.6 Å². The van der Waals surface area contributed by atoms with Gasteiger partial charge in [0.05, 0.1) is 5.92 Å². The highest BCUT2D eigenvalue weighted by Gasteiger charge is 2.36. The van der Waals surface area contributed by atoms with Gasteiger partial charge in [0.1, 0.15) is 0 Å². The maximum atomic E-state index is 12.8. The molecule has 0 aromatic heterocycles. The second kappa shape index (κ2) is 5.96. The van der Waals surface area contributed by atoms with Crippen LogP contribution in [0.15, 0.2) is 30.3 Å². The number of hydrogen-bond acceptors (Lipinski definition) is 2. The lowest BCUT2D eigenvalue weighted by Gasteiger charge is -2.28. The van der Waals surface area contributed by atoms with Crippen LogP contribution in [-0.4, -0.2) is 36.0 Å². The zero-order valence-electron chi connectivity index (χ0n) is 12.2. The molecule has 1 aromatic rings. The summed E-state index contributed by atoms with van der Waals surface area (Å²) in [6.45, 7) is 4.03. The average Bonchev–Trinajstić information content (AvgIpc) is 3.21. The van der Waals surface area contributed by atoms with Crippen molar-refractivity contribution >= 4 is 5.91 Å². The molecule has 20 heavy (non-hydrogen) atoms. The third-order valence-electron chi connectivity index (χ3n) is 4.52. The highest BCUT2D eigenvalue weighted by Crippen LogP contribution is 2.31. The first-order valence-electron chi connectivity index (χ1n) is 7.84. The minimum Gasteiger partial charge on any atom is -0.338 e. The number of benzene rings is 1. The van der Waals surface area contributed by atoms with Gasteiger partial charge in [0.25, 0.3) is 0 Å². The van der Waals surface area contributed by atoms with Gasteiger partial charge in [0.15, 0.2) is 0 Å². The van der Waals surface area contributed by atoms with Gasteiger partial charge in [-0.1, -0.05) is 30.3 Å². The maximum Gasteiger partial charge on any atom is 0.230 e. The van der Waals surface area contributed by atoms with Crippen molar-refractivity contribution in [2.45, 2.75) is 50.6 Å². The van der Waals surface area contributed by atoms with Crippen LogP contribution in [0.25, 0.3) is 0 Å². The van der Waals surface area contributed by atoms with Crippen LogP contribution in [0.3, 0.4) is 0 Å². The Hall–Kier alpha value is -1.35. The monoisotopic (exact) mass is 272 g/mol. The Balaban J connectivity index is 1.68. The van der Waals surface area contributed by atoms with Crippen LogP contribution in [0.1, 0.15) is 44.1 Å². The van der Waals surface area contributed by atoms with Crippen LogP contribution < -0.4 is 5.32 Å². The summed E-state index contributed by atoms with van der Waals surface area (Å²) in [7, 11) is 0. The molecule has 0 radical (unpaired) electrons. The number of carbonyl (C=O) groups excluding carboxylic acids is 1. The normalized spacial score (nSPS) is 23.6. The standard InChI is InChI=1S/C17H24N2O/c1-13(14-6-3-2-4-7-14)17(20)19(16-9-10-16)12-15-8-5-11-18-15/h2-4,6-7,13,15-16,18H,5,8-12H2,1H3. The van der Waals surface area contributed by atoms with E-state index in [1.807, 2.05) is 25.1 Å². The van der Waals surface area contributed by atoms with E-state index in [4.69, 9.17) is 0 Å². The molecular formula is C17H24N2O. The second-order valence-electron chi connectivity index (χ2n) is 6.15. The largest absolute Gasteiger partial charge is 0.338 e. The summed E-state index contributed by atoms with van der Waals surface area (Å²) in [5.74, 6) is 0.269. The molecule has 1 saturated carbocycles. The van der Waals surface area contributed by atoms with Crippen molar-refractivity contribution < 1.29 is 4.79 Å². The zero-order chi connectivity index (χ0) is 13.9. The maximum absolute atomic E-state index is 12.8. The van der Waals surface area contributed by atoms with E-state index in [2.05, 4.69) is 22.3 Å². The first kappa shape index (κ1) is 13.6. The summed E-state index contributed by atoms with van der Waals surface area (Å²) in [5.41, 5.74) is 1.13. The number of nitrogens with zero attached hydrogens (tertiary/aromatic N) is 1. The van der Waals surface area contributed by atoms with Gasteiger partial charge >= 0.3 is 0 Å². The van der Waals surface area contributed by atoms with E-state index < -0.39 is 0 Å². The van der Waals surface area contributed by atoms with E-state index in [0.29, 0.717) is 18.0 Å². The average molecular weight is 272 g/mol. The van der Waals surface area contributed by atoms with E-state index in [0.717, 1.165) is 18.7 Å². The van der Waals surface area contributed by atoms with Gasteiger partial charge in [-0.15, -0.1) is 0 Å². The van der Waals surface area contributed by atoms with Crippen molar-refractivity contribution in [1.82, 2.24) is 10.2 Å². The summed E-state index contributed by atoms with van der Waals surface area (Å²) in [5, 5.41) is 3.51. The van der Waals surface area contributed by atoms with Crippen molar-refractivity contribution in [1.29, 1.82) is 0 Å². The van der Waals surface area contributed by atoms with E-state index in [1.54, 1.807) is 0 Å². The van der Waals surface area contributed by atoms with E-state index in [-0.39, 0.29) is 5.92 Å². The lowest BCUT2D eigenvalue weighted by atomic mass is 9.99. The Morgan fingerprint density at radius 3 is 2.65 bits per heavy atom. The number of nitrogens with one attached hydrogen (secondary N) is 1. The van der Waals surface area contributed by atoms with E-state index in [1.165, 1.54) is 25.7 Å². The van der Waals surface area contributed by atoms with Crippen molar-refractivity contribution in [3.05, 3.63) is 35.9 Å². The van der Waals surface area contributed by atoms with Crippen LogP contribution in [0.4, 0.5) is 0 Å². The number of hydrogen-bond donors (Lipinski definition) is 1. The fourth-order valence-corrected chi connectivity index (χ4v) is 3.09. The minimum absolute atomic E-state index is 0.0294. The first-order chi connectivity index (χ1) is 9.75. The van der Waals surface area contributed by atoms with Crippen molar-refractivity contribution in [3.8, 4) is 0 Å². The highest BCUT2D eigenvalue weighted by molar-refractivity contribution is 5.84. The summed E-state index contributed by atoms with van der Waals surface area (Å²) in [6, 6.07) is 11.1. The van der Waals surface area contributed by atoms with Gasteiger partial charge in [-0.05, 0) is 44.7 Å². The molecule has 3 rings (SSSR count). The van der Waals surface area contributed by atoms with Crippen molar-refractivity contribution in [2.24, 2.45) is 0 Å². The van der Waals surface area contributed by atoms with Crippen LogP contribution in [0.5, 0.6) is 0 Å². The lowest BCUT2D eigenvalue weighted by Crippen LogP contribution is -2.44. The Bertz CT molecular complexity index is 449. The number of amides is 1. The van der Waals surface area contributed by atoms with E-state index in [9.17, 15) is 4.79 Å². The van der Waals surface area contributed by atoms with Crippen LogP contribution in [0, 0.1) is 0 Å².